The van der Waals surface area contributed by atoms with Crippen molar-refractivity contribution in [1.82, 2.24) is 9.06 Å². The summed E-state index contributed by atoms with van der Waals surface area (Å²) < 4.78 is 28.1. The number of carbonyl (C=O) groups is 2. The third kappa shape index (κ3) is 4.58. The van der Waals surface area contributed by atoms with E-state index in [0.717, 1.165) is 5.56 Å². The fourth-order valence-electron chi connectivity index (χ4n) is 1.38. The van der Waals surface area contributed by atoms with Crippen molar-refractivity contribution in [2.24, 2.45) is 0 Å². The zero-order chi connectivity index (χ0) is 15.3. The first kappa shape index (κ1) is 16.6. The minimum atomic E-state index is -4.00. The number of aryl methyl sites for hydroxylation is 1. The summed E-state index contributed by atoms with van der Waals surface area (Å²) in [5.41, 5.74) is 0.873. The molecule has 0 saturated heterocycles. The van der Waals surface area contributed by atoms with Gasteiger partial charge in [0.1, 0.15) is 6.04 Å². The van der Waals surface area contributed by atoms with E-state index in [1.54, 1.807) is 19.1 Å². The zero-order valence-electron chi connectivity index (χ0n) is 10.5. The van der Waals surface area contributed by atoms with Crippen LogP contribution in [0.2, 0.25) is 0 Å². The topological polar surface area (TPSA) is 113 Å². The van der Waals surface area contributed by atoms with Crippen LogP contribution in [0.15, 0.2) is 29.2 Å². The van der Waals surface area contributed by atoms with Crippen LogP contribution in [-0.2, 0) is 19.6 Å². The summed E-state index contributed by atoms with van der Waals surface area (Å²) in [5.74, 6) is -2.08. The normalized spacial score (nSPS) is 12.7. The predicted molar refractivity (Wildman–Crippen MR) is 74.6 cm³/mol. The monoisotopic (exact) mass is 364 g/mol. The smallest absolute Gasteiger partial charge is 0.322 e. The van der Waals surface area contributed by atoms with Gasteiger partial charge in [0, 0.05) is 16.1 Å². The molecule has 0 aliphatic rings. The van der Waals surface area contributed by atoms with E-state index in [4.69, 9.17) is 5.11 Å². The van der Waals surface area contributed by atoms with Crippen molar-refractivity contribution in [3.63, 3.8) is 0 Å². The van der Waals surface area contributed by atoms with Crippen LogP contribution >= 0.6 is 16.1 Å². The van der Waals surface area contributed by atoms with Crippen molar-refractivity contribution in [2.75, 3.05) is 0 Å². The maximum Gasteiger partial charge on any atom is 0.322 e. The van der Waals surface area contributed by atoms with E-state index in [-0.39, 0.29) is 4.90 Å². The second-order valence-corrected chi connectivity index (χ2v) is 6.16. The van der Waals surface area contributed by atoms with E-state index in [2.05, 4.69) is 20.5 Å². The van der Waals surface area contributed by atoms with Gasteiger partial charge in [0.15, 0.2) is 0 Å². The van der Waals surface area contributed by atoms with Crippen molar-refractivity contribution >= 4 is 38.0 Å². The van der Waals surface area contributed by atoms with Crippen LogP contribution < -0.4 is 9.06 Å². The van der Waals surface area contributed by atoms with Gasteiger partial charge in [0.25, 0.3) is 0 Å². The number of hydrogen-bond donors (Lipinski definition) is 3. The largest absolute Gasteiger partial charge is 0.480 e. The van der Waals surface area contributed by atoms with E-state index in [1.165, 1.54) is 12.1 Å². The molecule has 0 spiro atoms. The Morgan fingerprint density at radius 2 is 1.85 bits per heavy atom. The van der Waals surface area contributed by atoms with Crippen LogP contribution in [0.1, 0.15) is 12.0 Å². The van der Waals surface area contributed by atoms with Crippen LogP contribution in [0.3, 0.4) is 0 Å². The maximum absolute atomic E-state index is 12.0. The molecule has 20 heavy (non-hydrogen) atoms. The molecule has 1 aromatic carbocycles. The number of benzene rings is 1. The lowest BCUT2D eigenvalue weighted by Gasteiger charge is -2.13. The van der Waals surface area contributed by atoms with Crippen molar-refractivity contribution in [1.29, 1.82) is 0 Å². The maximum atomic E-state index is 12.0. The van der Waals surface area contributed by atoms with E-state index in [1.807, 2.05) is 4.72 Å². The number of nitrogens with one attached hydrogen (secondary N) is 2. The summed E-state index contributed by atoms with van der Waals surface area (Å²) >= 11 is 2.66. The summed E-state index contributed by atoms with van der Waals surface area (Å²) in [5, 5.41) is 8.95. The quantitative estimate of drug-likeness (QED) is 0.637. The minimum absolute atomic E-state index is 0.0615. The third-order valence-electron chi connectivity index (χ3n) is 2.42. The molecule has 0 radical (unpaired) electrons. The van der Waals surface area contributed by atoms with Crippen molar-refractivity contribution in [3.8, 4) is 0 Å². The number of hydrogen-bond acceptors (Lipinski definition) is 4. The van der Waals surface area contributed by atoms with Crippen LogP contribution in [0, 0.1) is 6.92 Å². The standard InChI is InChI=1S/C11H13BrN2O5S/c1-7-2-4-8(5-3-7)20(18,19)14-9(11(16)17)6-10(15)13-12/h2-5,9,14H,6H2,1H3,(H,13,15)(H,16,17)/t9-/m0/s1. The summed E-state index contributed by atoms with van der Waals surface area (Å²) in [6, 6.07) is 4.37. The van der Waals surface area contributed by atoms with E-state index < -0.39 is 34.4 Å². The molecule has 9 heteroatoms. The molecule has 0 heterocycles. The first-order valence-corrected chi connectivity index (χ1v) is 7.75. The minimum Gasteiger partial charge on any atom is -0.480 e. The lowest BCUT2D eigenvalue weighted by Crippen LogP contribution is -2.43. The molecule has 0 bridgehead atoms. The molecule has 1 aromatic rings. The van der Waals surface area contributed by atoms with Gasteiger partial charge in [-0.25, -0.2) is 8.42 Å². The Hall–Kier alpha value is -1.45. The molecule has 0 aliphatic carbocycles. The number of halogens is 1. The Labute approximate surface area is 124 Å². The fourth-order valence-corrected chi connectivity index (χ4v) is 2.73. The molecule has 0 aromatic heterocycles. The number of amides is 1. The Bertz CT molecular complexity index is 600. The molecule has 1 rings (SSSR count). The van der Waals surface area contributed by atoms with Crippen molar-refractivity contribution in [3.05, 3.63) is 29.8 Å². The molecular formula is C11H13BrN2O5S. The molecule has 0 unspecified atom stereocenters. The van der Waals surface area contributed by atoms with Crippen LogP contribution in [-0.4, -0.2) is 31.4 Å². The van der Waals surface area contributed by atoms with Gasteiger partial charge in [-0.1, -0.05) is 17.7 Å². The Morgan fingerprint density at radius 3 is 2.30 bits per heavy atom. The van der Waals surface area contributed by atoms with E-state index in [0.29, 0.717) is 0 Å². The molecule has 0 saturated carbocycles. The number of carboxylic acids is 1. The van der Waals surface area contributed by atoms with Gasteiger partial charge in [0.05, 0.1) is 11.3 Å². The predicted octanol–water partition coefficient (Wildman–Crippen LogP) is 0.543. The summed E-state index contributed by atoms with van der Waals surface area (Å²) in [7, 11) is -4.00. The van der Waals surface area contributed by atoms with Gasteiger partial charge in [-0.05, 0) is 19.1 Å². The van der Waals surface area contributed by atoms with Crippen LogP contribution in [0.5, 0.6) is 0 Å². The molecule has 1 atom stereocenters. The highest BCUT2D eigenvalue weighted by Gasteiger charge is 2.27. The SMILES string of the molecule is Cc1ccc(S(=O)(=O)N[C@@H](CC(=O)NBr)C(=O)O)cc1. The van der Waals surface area contributed by atoms with Crippen molar-refractivity contribution < 1.29 is 23.1 Å². The van der Waals surface area contributed by atoms with Gasteiger partial charge in [-0.3, -0.25) is 13.9 Å². The summed E-state index contributed by atoms with van der Waals surface area (Å²) in [4.78, 5) is 22.1. The lowest BCUT2D eigenvalue weighted by atomic mass is 10.2. The van der Waals surface area contributed by atoms with Gasteiger partial charge >= 0.3 is 5.97 Å². The Morgan fingerprint density at radius 1 is 1.30 bits per heavy atom. The van der Waals surface area contributed by atoms with Gasteiger partial charge < -0.3 is 5.11 Å². The average molecular weight is 365 g/mol. The second kappa shape index (κ2) is 6.82. The van der Waals surface area contributed by atoms with E-state index >= 15 is 0 Å². The van der Waals surface area contributed by atoms with Crippen LogP contribution in [0.25, 0.3) is 0 Å². The average Bonchev–Trinajstić information content (AvgIpc) is 2.37. The molecule has 7 nitrogen and oxygen atoms in total. The molecule has 110 valence electrons. The first-order valence-electron chi connectivity index (χ1n) is 5.47. The Kier molecular flexibility index (Phi) is 5.66. The number of carbonyl (C=O) groups excluding carboxylic acids is 1. The summed E-state index contributed by atoms with van der Waals surface area (Å²) in [6.07, 6.45) is -0.522. The molecule has 3 N–H and O–H groups in total. The third-order valence-corrected chi connectivity index (χ3v) is 4.35. The first-order chi connectivity index (χ1) is 9.26. The number of sulfonamides is 1. The lowest BCUT2D eigenvalue weighted by molar-refractivity contribution is -0.140. The molecule has 1 amide bonds. The second-order valence-electron chi connectivity index (χ2n) is 4.05. The highest BCUT2D eigenvalue weighted by molar-refractivity contribution is 9.08. The van der Waals surface area contributed by atoms with Gasteiger partial charge in [-0.2, -0.15) is 4.72 Å². The highest BCUT2D eigenvalue weighted by Crippen LogP contribution is 2.11. The van der Waals surface area contributed by atoms with Gasteiger partial charge in [0.2, 0.25) is 15.9 Å². The number of carboxylic acid groups (broad SMARTS) is 1. The fraction of sp³-hybridized carbons (Fsp3) is 0.273. The number of rotatable bonds is 6. The highest BCUT2D eigenvalue weighted by atomic mass is 79.9. The number of aliphatic carboxylic acids is 1. The molecule has 0 fully saturated rings. The van der Waals surface area contributed by atoms with Crippen LogP contribution in [0.4, 0.5) is 0 Å². The molecular weight excluding hydrogens is 352 g/mol. The van der Waals surface area contributed by atoms with Gasteiger partial charge in [-0.15, -0.1) is 0 Å². The zero-order valence-corrected chi connectivity index (χ0v) is 12.9. The Balaban J connectivity index is 2.94. The van der Waals surface area contributed by atoms with E-state index in [9.17, 15) is 18.0 Å². The van der Waals surface area contributed by atoms with Crippen molar-refractivity contribution in [2.45, 2.75) is 24.3 Å². The summed E-state index contributed by atoms with van der Waals surface area (Å²) in [6.45, 7) is 1.80. The molecule has 0 aliphatic heterocycles.